The molecule has 0 spiro atoms. The number of nitrogens with one attached hydrogen (secondary N) is 2. The van der Waals surface area contributed by atoms with Crippen LogP contribution in [0, 0.1) is 0 Å². The molecule has 0 radical (unpaired) electrons. The van der Waals surface area contributed by atoms with Crippen LogP contribution in [0.5, 0.6) is 0 Å². The number of hydrogen-bond acceptors (Lipinski definition) is 6. The number of aromatic nitrogens is 3. The largest absolute Gasteiger partial charge is 0.755 e. The summed E-state index contributed by atoms with van der Waals surface area (Å²) in [4.78, 5) is 12.6. The van der Waals surface area contributed by atoms with E-state index in [9.17, 15) is 8.76 Å². The summed E-state index contributed by atoms with van der Waals surface area (Å²) in [5.74, 6) is 0.581. The monoisotopic (exact) mass is 404 g/mol. The summed E-state index contributed by atoms with van der Waals surface area (Å²) in [6.45, 7) is 3.66. The molecular weight excluding hydrogens is 394 g/mol. The van der Waals surface area contributed by atoms with Crippen LogP contribution in [0.1, 0.15) is 5.69 Å². The van der Waals surface area contributed by atoms with Gasteiger partial charge in [0.1, 0.15) is 12.1 Å². The molecule has 24 heavy (non-hydrogen) atoms. The lowest BCUT2D eigenvalue weighted by Gasteiger charge is -2.12. The van der Waals surface area contributed by atoms with Crippen LogP contribution in [0.15, 0.2) is 53.9 Å². The normalized spacial score (nSPS) is 11.9. The Morgan fingerprint density at radius 3 is 2.83 bits per heavy atom. The SMILES string of the molecule is C=C(NS(=O)[O-])c1cc2c(Nc3cccc(Br)c3)ncnc2cn1. The predicted molar refractivity (Wildman–Crippen MR) is 95.8 cm³/mol. The molecule has 1 unspecified atom stereocenters. The predicted octanol–water partition coefficient (Wildman–Crippen LogP) is 2.89. The fourth-order valence-corrected chi connectivity index (χ4v) is 2.78. The summed E-state index contributed by atoms with van der Waals surface area (Å²) in [6, 6.07) is 9.32. The molecule has 0 fully saturated rings. The van der Waals surface area contributed by atoms with Gasteiger partial charge in [-0.05, 0) is 24.3 Å². The van der Waals surface area contributed by atoms with Gasteiger partial charge in [0.05, 0.1) is 23.1 Å². The zero-order valence-corrected chi connectivity index (χ0v) is 14.6. The first-order valence-corrected chi connectivity index (χ1v) is 8.58. The second-order valence-corrected chi connectivity index (χ2v) is 6.35. The van der Waals surface area contributed by atoms with Gasteiger partial charge in [-0.15, -0.1) is 0 Å². The van der Waals surface area contributed by atoms with E-state index in [2.05, 4.69) is 47.5 Å². The number of halogens is 1. The molecule has 0 saturated heterocycles. The van der Waals surface area contributed by atoms with Gasteiger partial charge >= 0.3 is 0 Å². The number of hydrogen-bond donors (Lipinski definition) is 2. The Labute approximate surface area is 148 Å². The quantitative estimate of drug-likeness (QED) is 0.633. The van der Waals surface area contributed by atoms with E-state index in [4.69, 9.17) is 0 Å². The molecule has 2 N–H and O–H groups in total. The molecule has 3 rings (SSSR count). The highest BCUT2D eigenvalue weighted by atomic mass is 79.9. The van der Waals surface area contributed by atoms with Gasteiger partial charge in [0, 0.05) is 26.8 Å². The van der Waals surface area contributed by atoms with E-state index in [0.717, 1.165) is 10.2 Å². The van der Waals surface area contributed by atoms with Gasteiger partial charge in [-0.25, -0.2) is 9.97 Å². The average Bonchev–Trinajstić information content (AvgIpc) is 2.54. The van der Waals surface area contributed by atoms with Crippen LogP contribution in [-0.4, -0.2) is 23.7 Å². The number of fused-ring (bicyclic) bond motifs is 1. The zero-order valence-electron chi connectivity index (χ0n) is 12.2. The topological polar surface area (TPSA) is 103 Å². The molecule has 0 aliphatic heterocycles. The number of nitrogens with zero attached hydrogens (tertiary/aromatic N) is 3. The van der Waals surface area contributed by atoms with E-state index in [1.54, 1.807) is 12.3 Å². The summed E-state index contributed by atoms with van der Waals surface area (Å²) in [6.07, 6.45) is 2.97. The first-order chi connectivity index (χ1) is 11.5. The molecular formula is C15H11BrN5O2S-. The fourth-order valence-electron chi connectivity index (χ4n) is 2.08. The molecule has 2 aromatic heterocycles. The first-order valence-electron chi connectivity index (χ1n) is 6.71. The van der Waals surface area contributed by atoms with E-state index in [1.807, 2.05) is 24.3 Å². The van der Waals surface area contributed by atoms with E-state index in [0.29, 0.717) is 22.4 Å². The maximum Gasteiger partial charge on any atom is 0.141 e. The smallest absolute Gasteiger partial charge is 0.141 e. The van der Waals surface area contributed by atoms with Crippen LogP contribution in [0.2, 0.25) is 0 Å². The van der Waals surface area contributed by atoms with Gasteiger partial charge in [0.25, 0.3) is 0 Å². The molecule has 0 amide bonds. The average molecular weight is 405 g/mol. The molecule has 1 atom stereocenters. The number of pyridine rings is 1. The van der Waals surface area contributed by atoms with Crippen molar-refractivity contribution in [3.05, 3.63) is 59.6 Å². The highest BCUT2D eigenvalue weighted by Gasteiger charge is 2.08. The Hall–Kier alpha value is -2.36. The van der Waals surface area contributed by atoms with Crippen molar-refractivity contribution in [1.29, 1.82) is 0 Å². The van der Waals surface area contributed by atoms with Crippen LogP contribution < -0.4 is 10.0 Å². The van der Waals surface area contributed by atoms with Crippen molar-refractivity contribution in [1.82, 2.24) is 19.7 Å². The summed E-state index contributed by atoms with van der Waals surface area (Å²) in [7, 11) is 0. The minimum atomic E-state index is -2.46. The number of anilines is 2. The van der Waals surface area contributed by atoms with Crippen molar-refractivity contribution < 1.29 is 8.76 Å². The van der Waals surface area contributed by atoms with Gasteiger partial charge in [-0.1, -0.05) is 28.6 Å². The second-order valence-electron chi connectivity index (χ2n) is 4.76. The third-order valence-corrected chi connectivity index (χ3v) is 4.03. The van der Waals surface area contributed by atoms with E-state index < -0.39 is 11.3 Å². The summed E-state index contributed by atoms with van der Waals surface area (Å²) < 4.78 is 24.6. The van der Waals surface area contributed by atoms with Crippen molar-refractivity contribution in [2.75, 3.05) is 5.32 Å². The Morgan fingerprint density at radius 1 is 1.25 bits per heavy atom. The maximum absolute atomic E-state index is 10.7. The number of benzene rings is 1. The molecule has 3 aromatic rings. The number of rotatable bonds is 5. The molecule has 0 saturated carbocycles. The van der Waals surface area contributed by atoms with Crippen molar-refractivity contribution in [3.8, 4) is 0 Å². The molecule has 9 heteroatoms. The fraction of sp³-hybridized carbons (Fsp3) is 0. The summed E-state index contributed by atoms with van der Waals surface area (Å²) >= 11 is 0.957. The van der Waals surface area contributed by atoms with Crippen LogP contribution in [-0.2, 0) is 11.3 Å². The highest BCUT2D eigenvalue weighted by Crippen LogP contribution is 2.25. The lowest BCUT2D eigenvalue weighted by Crippen LogP contribution is -2.14. The lowest BCUT2D eigenvalue weighted by atomic mass is 10.2. The van der Waals surface area contributed by atoms with Crippen LogP contribution in [0.3, 0.4) is 0 Å². The minimum Gasteiger partial charge on any atom is -0.755 e. The van der Waals surface area contributed by atoms with Crippen LogP contribution in [0.4, 0.5) is 11.5 Å². The van der Waals surface area contributed by atoms with Crippen molar-refractivity contribution >= 4 is 55.3 Å². The third-order valence-electron chi connectivity index (χ3n) is 3.12. The summed E-state index contributed by atoms with van der Waals surface area (Å²) in [5, 5.41) is 3.91. The Kier molecular flexibility index (Phi) is 4.84. The highest BCUT2D eigenvalue weighted by molar-refractivity contribution is 9.10. The van der Waals surface area contributed by atoms with E-state index in [-0.39, 0.29) is 5.70 Å². The van der Waals surface area contributed by atoms with Gasteiger partial charge in [0.15, 0.2) is 0 Å². The Morgan fingerprint density at radius 2 is 2.08 bits per heavy atom. The maximum atomic E-state index is 10.7. The second kappa shape index (κ2) is 7.04. The molecule has 0 aliphatic rings. The van der Waals surface area contributed by atoms with Crippen molar-refractivity contribution in [3.63, 3.8) is 0 Å². The molecule has 2 heterocycles. The standard InChI is InChI=1S/C15H12BrN5O2S/c1-9(21-24(22)23)13-6-12-14(7-17-13)18-8-19-15(12)20-11-4-2-3-10(16)5-11/h2-8,21H,1H2,(H,22,23)(H,18,19,20)/p-1. The van der Waals surface area contributed by atoms with E-state index in [1.165, 1.54) is 6.33 Å². The zero-order chi connectivity index (χ0) is 17.1. The van der Waals surface area contributed by atoms with Gasteiger partial charge in [-0.3, -0.25) is 9.19 Å². The first kappa shape index (κ1) is 16.5. The lowest BCUT2D eigenvalue weighted by molar-refractivity contribution is 0.532. The molecule has 0 bridgehead atoms. The molecule has 7 nitrogen and oxygen atoms in total. The summed E-state index contributed by atoms with van der Waals surface area (Å²) in [5.41, 5.74) is 2.03. The van der Waals surface area contributed by atoms with Crippen LogP contribution in [0.25, 0.3) is 16.6 Å². The molecule has 0 aliphatic carbocycles. The molecule has 1 aromatic carbocycles. The van der Waals surface area contributed by atoms with Crippen molar-refractivity contribution in [2.24, 2.45) is 0 Å². The molecule has 122 valence electrons. The van der Waals surface area contributed by atoms with Gasteiger partial charge in [-0.2, -0.15) is 0 Å². The van der Waals surface area contributed by atoms with Gasteiger partial charge in [0.2, 0.25) is 0 Å². The van der Waals surface area contributed by atoms with Crippen LogP contribution >= 0.6 is 15.9 Å². The van der Waals surface area contributed by atoms with Gasteiger partial charge < -0.3 is 14.6 Å². The van der Waals surface area contributed by atoms with E-state index >= 15 is 0 Å². The van der Waals surface area contributed by atoms with Crippen molar-refractivity contribution in [2.45, 2.75) is 0 Å². The third kappa shape index (κ3) is 3.75. The Balaban J connectivity index is 2.01. The minimum absolute atomic E-state index is 0.169. The Bertz CT molecular complexity index is 950.